The van der Waals surface area contributed by atoms with Crippen LogP contribution in [0.5, 0.6) is 0 Å². The van der Waals surface area contributed by atoms with Gasteiger partial charge in [-0.1, -0.05) is 0 Å². The first-order valence-electron chi connectivity index (χ1n) is 5.54. The summed E-state index contributed by atoms with van der Waals surface area (Å²) in [5.74, 6) is 0.686. The van der Waals surface area contributed by atoms with Gasteiger partial charge in [0.15, 0.2) is 0 Å². The maximum atomic E-state index is 11.2. The van der Waals surface area contributed by atoms with Gasteiger partial charge in [0.2, 0.25) is 0 Å². The number of carbonyl (C=O) groups is 1. The number of carboxylic acid groups (broad SMARTS) is 1. The van der Waals surface area contributed by atoms with Gasteiger partial charge in [-0.15, -0.1) is 11.3 Å². The SMILES string of the molecule is O=C(O)c1csc(CNC2CCS(=O)CC2)c1. The zero-order valence-corrected chi connectivity index (χ0v) is 11.0. The van der Waals surface area contributed by atoms with Crippen LogP contribution in [0.3, 0.4) is 0 Å². The summed E-state index contributed by atoms with van der Waals surface area (Å²) in [4.78, 5) is 11.7. The van der Waals surface area contributed by atoms with Crippen LogP contribution >= 0.6 is 11.3 Å². The molecule has 2 N–H and O–H groups in total. The molecule has 0 amide bonds. The molecule has 1 fully saturated rings. The van der Waals surface area contributed by atoms with Crippen molar-refractivity contribution < 1.29 is 14.1 Å². The molecule has 4 nitrogen and oxygen atoms in total. The third-order valence-corrected chi connectivity index (χ3v) is 5.17. The minimum atomic E-state index is -0.874. The molecule has 17 heavy (non-hydrogen) atoms. The molecule has 1 aromatic heterocycles. The van der Waals surface area contributed by atoms with E-state index in [9.17, 15) is 9.00 Å². The van der Waals surface area contributed by atoms with Crippen LogP contribution in [0.25, 0.3) is 0 Å². The van der Waals surface area contributed by atoms with Crippen molar-refractivity contribution in [3.8, 4) is 0 Å². The van der Waals surface area contributed by atoms with Crippen LogP contribution in [-0.4, -0.2) is 32.8 Å². The van der Waals surface area contributed by atoms with Gasteiger partial charge in [0.25, 0.3) is 0 Å². The van der Waals surface area contributed by atoms with E-state index >= 15 is 0 Å². The van der Waals surface area contributed by atoms with Gasteiger partial charge in [-0.05, 0) is 18.9 Å². The third-order valence-electron chi connectivity index (χ3n) is 2.85. The molecule has 0 aliphatic carbocycles. The topological polar surface area (TPSA) is 66.4 Å². The molecule has 0 atom stereocenters. The lowest BCUT2D eigenvalue weighted by Crippen LogP contribution is -2.35. The molecule has 1 aromatic rings. The Labute approximate surface area is 107 Å². The minimum Gasteiger partial charge on any atom is -0.478 e. The van der Waals surface area contributed by atoms with E-state index in [1.807, 2.05) is 0 Å². The third kappa shape index (κ3) is 3.62. The lowest BCUT2D eigenvalue weighted by atomic mass is 10.1. The van der Waals surface area contributed by atoms with Gasteiger partial charge in [-0.3, -0.25) is 4.21 Å². The zero-order valence-electron chi connectivity index (χ0n) is 9.35. The predicted octanol–water partition coefficient (Wildman–Crippen LogP) is 1.45. The fourth-order valence-corrected chi connectivity index (χ4v) is 3.94. The van der Waals surface area contributed by atoms with Crippen molar-refractivity contribution in [3.63, 3.8) is 0 Å². The van der Waals surface area contributed by atoms with Crippen molar-refractivity contribution in [1.29, 1.82) is 0 Å². The summed E-state index contributed by atoms with van der Waals surface area (Å²) in [5.41, 5.74) is 0.358. The Morgan fingerprint density at radius 3 is 2.82 bits per heavy atom. The summed E-state index contributed by atoms with van der Waals surface area (Å²) >= 11 is 1.46. The maximum Gasteiger partial charge on any atom is 0.336 e. The number of thiophene rings is 1. The smallest absolute Gasteiger partial charge is 0.336 e. The van der Waals surface area contributed by atoms with Crippen LogP contribution < -0.4 is 5.32 Å². The van der Waals surface area contributed by atoms with Crippen LogP contribution in [0, 0.1) is 0 Å². The molecule has 6 heteroatoms. The van der Waals surface area contributed by atoms with Crippen molar-refractivity contribution in [1.82, 2.24) is 5.32 Å². The summed E-state index contributed by atoms with van der Waals surface area (Å²) in [6.45, 7) is 0.704. The van der Waals surface area contributed by atoms with Gasteiger partial charge in [-0.25, -0.2) is 4.79 Å². The number of hydrogen-bond donors (Lipinski definition) is 2. The molecular weight excluding hydrogens is 258 g/mol. The molecule has 1 aliphatic rings. The van der Waals surface area contributed by atoms with E-state index in [2.05, 4.69) is 5.32 Å². The Hall–Kier alpha value is -0.720. The van der Waals surface area contributed by atoms with E-state index in [-0.39, 0.29) is 0 Å². The number of hydrogen-bond acceptors (Lipinski definition) is 4. The van der Waals surface area contributed by atoms with E-state index in [1.54, 1.807) is 11.4 Å². The highest BCUT2D eigenvalue weighted by Gasteiger charge is 2.17. The minimum absolute atomic E-state index is 0.358. The molecule has 2 rings (SSSR count). The van der Waals surface area contributed by atoms with Crippen LogP contribution in [0.4, 0.5) is 0 Å². The van der Waals surface area contributed by atoms with Crippen LogP contribution in [-0.2, 0) is 17.3 Å². The van der Waals surface area contributed by atoms with Crippen molar-refractivity contribution in [2.24, 2.45) is 0 Å². The second-order valence-corrected chi connectivity index (χ2v) is 6.80. The van der Waals surface area contributed by atoms with Gasteiger partial charge in [-0.2, -0.15) is 0 Å². The van der Waals surface area contributed by atoms with Crippen molar-refractivity contribution >= 4 is 28.1 Å². The fraction of sp³-hybridized carbons (Fsp3) is 0.545. The molecule has 94 valence electrons. The summed E-state index contributed by atoms with van der Waals surface area (Å²) in [5, 5.41) is 13.9. The highest BCUT2D eigenvalue weighted by atomic mass is 32.2. The van der Waals surface area contributed by atoms with Gasteiger partial charge < -0.3 is 10.4 Å². The summed E-state index contributed by atoms with van der Waals surface area (Å²) < 4.78 is 11.2. The number of rotatable bonds is 4. The summed E-state index contributed by atoms with van der Waals surface area (Å²) in [7, 11) is -0.626. The standard InChI is InChI=1S/C11H15NO3S2/c13-11(14)8-5-10(16-7-8)6-12-9-1-3-17(15)4-2-9/h5,7,9,12H,1-4,6H2,(H,13,14). The quantitative estimate of drug-likeness (QED) is 0.871. The van der Waals surface area contributed by atoms with E-state index in [0.717, 1.165) is 29.2 Å². The highest BCUT2D eigenvalue weighted by molar-refractivity contribution is 7.85. The Kier molecular flexibility index (Phi) is 4.31. The van der Waals surface area contributed by atoms with Crippen molar-refractivity contribution in [3.05, 3.63) is 21.9 Å². The van der Waals surface area contributed by atoms with Crippen LogP contribution in [0.2, 0.25) is 0 Å². The molecule has 1 saturated heterocycles. The largest absolute Gasteiger partial charge is 0.478 e. The van der Waals surface area contributed by atoms with Gasteiger partial charge in [0, 0.05) is 45.1 Å². The van der Waals surface area contributed by atoms with Gasteiger partial charge in [0.05, 0.1) is 5.56 Å². The molecule has 0 bridgehead atoms. The van der Waals surface area contributed by atoms with Crippen LogP contribution in [0.15, 0.2) is 11.4 Å². The van der Waals surface area contributed by atoms with E-state index < -0.39 is 16.8 Å². The van der Waals surface area contributed by atoms with Crippen molar-refractivity contribution in [2.75, 3.05) is 11.5 Å². The predicted molar refractivity (Wildman–Crippen MR) is 69.0 cm³/mol. The van der Waals surface area contributed by atoms with Gasteiger partial charge in [0.1, 0.15) is 0 Å². The van der Waals surface area contributed by atoms with E-state index in [0.29, 0.717) is 18.2 Å². The average molecular weight is 273 g/mol. The molecule has 0 spiro atoms. The monoisotopic (exact) mass is 273 g/mol. The number of carboxylic acids is 1. The molecular formula is C11H15NO3S2. The highest BCUT2D eigenvalue weighted by Crippen LogP contribution is 2.16. The number of nitrogens with one attached hydrogen (secondary N) is 1. The lowest BCUT2D eigenvalue weighted by Gasteiger charge is -2.22. The molecule has 2 heterocycles. The molecule has 0 radical (unpaired) electrons. The Balaban J connectivity index is 1.81. The van der Waals surface area contributed by atoms with Gasteiger partial charge >= 0.3 is 5.97 Å². The Bertz CT molecular complexity index is 420. The summed E-state index contributed by atoms with van der Waals surface area (Å²) in [6, 6.07) is 2.13. The second-order valence-electron chi connectivity index (χ2n) is 4.11. The zero-order chi connectivity index (χ0) is 12.3. The van der Waals surface area contributed by atoms with Crippen molar-refractivity contribution in [2.45, 2.75) is 25.4 Å². The number of aromatic carboxylic acids is 1. The molecule has 0 saturated carbocycles. The normalized spacial score (nSPS) is 24.7. The van der Waals surface area contributed by atoms with Crippen LogP contribution in [0.1, 0.15) is 28.1 Å². The Morgan fingerprint density at radius 1 is 1.53 bits per heavy atom. The lowest BCUT2D eigenvalue weighted by molar-refractivity contribution is 0.0697. The first-order chi connectivity index (χ1) is 8.15. The second kappa shape index (κ2) is 5.75. The summed E-state index contributed by atoms with van der Waals surface area (Å²) in [6.07, 6.45) is 1.90. The fourth-order valence-electron chi connectivity index (χ4n) is 1.83. The molecule has 1 aliphatic heterocycles. The molecule has 0 unspecified atom stereocenters. The average Bonchev–Trinajstić information content (AvgIpc) is 2.77. The van der Waals surface area contributed by atoms with E-state index in [4.69, 9.17) is 5.11 Å². The Morgan fingerprint density at radius 2 is 2.24 bits per heavy atom. The first kappa shape index (κ1) is 12.7. The molecule has 0 aromatic carbocycles. The first-order valence-corrected chi connectivity index (χ1v) is 7.91. The maximum absolute atomic E-state index is 11.2. The van der Waals surface area contributed by atoms with E-state index in [1.165, 1.54) is 11.3 Å².